The molecule has 2 N–H and O–H groups in total. The molecule has 0 radical (unpaired) electrons. The number of rotatable bonds is 3. The summed E-state index contributed by atoms with van der Waals surface area (Å²) in [6.45, 7) is 5.97. The highest BCUT2D eigenvalue weighted by atomic mass is 16.5. The second-order valence-corrected chi connectivity index (χ2v) is 5.87. The van der Waals surface area contributed by atoms with Crippen LogP contribution in [0.1, 0.15) is 36.8 Å². The van der Waals surface area contributed by atoms with E-state index < -0.39 is 5.91 Å². The number of hydrogen-bond donors (Lipinski definition) is 2. The van der Waals surface area contributed by atoms with Gasteiger partial charge in [0.15, 0.2) is 5.69 Å². The monoisotopic (exact) mass is 301 g/mol. The van der Waals surface area contributed by atoms with Crippen LogP contribution in [0.25, 0.3) is 0 Å². The molecule has 2 rings (SSSR count). The fraction of sp³-hybridized carbons (Fsp3) is 0.312. The van der Waals surface area contributed by atoms with E-state index in [0.717, 1.165) is 5.56 Å². The predicted octanol–water partition coefficient (Wildman–Crippen LogP) is 2.74. The van der Waals surface area contributed by atoms with E-state index in [4.69, 9.17) is 4.74 Å². The van der Waals surface area contributed by atoms with Gasteiger partial charge in [0.2, 0.25) is 5.88 Å². The van der Waals surface area contributed by atoms with E-state index in [1.807, 2.05) is 26.8 Å². The molecule has 0 bridgehead atoms. The van der Waals surface area contributed by atoms with Gasteiger partial charge in [0, 0.05) is 11.6 Å². The molecule has 6 nitrogen and oxygen atoms in total. The number of methoxy groups -OCH3 is 1. The second-order valence-electron chi connectivity index (χ2n) is 5.87. The number of benzene rings is 1. The van der Waals surface area contributed by atoms with Gasteiger partial charge < -0.3 is 15.2 Å². The molecule has 0 aliphatic carbocycles. The fourth-order valence-electron chi connectivity index (χ4n) is 1.99. The minimum atomic E-state index is -0.448. The normalized spacial score (nSPS) is 11.1. The zero-order valence-corrected chi connectivity index (χ0v) is 13.0. The Labute approximate surface area is 129 Å². The van der Waals surface area contributed by atoms with Crippen LogP contribution < -0.4 is 10.1 Å². The van der Waals surface area contributed by atoms with Crippen LogP contribution in [0, 0.1) is 0 Å². The minimum absolute atomic E-state index is 0.0600. The van der Waals surface area contributed by atoms with Crippen LogP contribution in [0.15, 0.2) is 30.3 Å². The molecule has 2 aromatic rings. The molecule has 6 heteroatoms. The largest absolute Gasteiger partial charge is 0.505 e. The number of aromatic nitrogens is 2. The number of nitrogens with zero attached hydrogens (tertiary/aromatic N) is 2. The first-order valence-corrected chi connectivity index (χ1v) is 6.84. The second kappa shape index (κ2) is 6.01. The van der Waals surface area contributed by atoms with Crippen LogP contribution in [0.5, 0.6) is 11.6 Å². The average molecular weight is 301 g/mol. The molecule has 0 aliphatic rings. The zero-order chi connectivity index (χ0) is 16.3. The summed E-state index contributed by atoms with van der Waals surface area (Å²) in [7, 11) is 1.47. The number of amides is 1. The maximum absolute atomic E-state index is 12.2. The van der Waals surface area contributed by atoms with Crippen molar-refractivity contribution in [1.29, 1.82) is 0 Å². The molecule has 22 heavy (non-hydrogen) atoms. The van der Waals surface area contributed by atoms with Gasteiger partial charge in [-0.15, -0.1) is 10.2 Å². The van der Waals surface area contributed by atoms with Crippen LogP contribution >= 0.6 is 0 Å². The number of phenolic OH excluding ortho intramolecular Hbond substituents is 1. The highest BCUT2D eigenvalue weighted by Crippen LogP contribution is 2.35. The molecule has 1 amide bonds. The van der Waals surface area contributed by atoms with Gasteiger partial charge in [-0.05, 0) is 17.5 Å². The fourth-order valence-corrected chi connectivity index (χ4v) is 1.99. The van der Waals surface area contributed by atoms with Gasteiger partial charge in [-0.25, -0.2) is 0 Å². The molecule has 0 spiro atoms. The highest BCUT2D eigenvalue weighted by molar-refractivity contribution is 6.03. The van der Waals surface area contributed by atoms with E-state index in [0.29, 0.717) is 11.6 Å². The summed E-state index contributed by atoms with van der Waals surface area (Å²) in [5.41, 5.74) is 1.01. The van der Waals surface area contributed by atoms with Crippen molar-refractivity contribution in [1.82, 2.24) is 10.2 Å². The molecular formula is C16H19N3O3. The molecule has 0 aliphatic heterocycles. The molecule has 1 aromatic heterocycles. The van der Waals surface area contributed by atoms with Gasteiger partial charge in [0.05, 0.1) is 12.8 Å². The van der Waals surface area contributed by atoms with Crippen molar-refractivity contribution in [2.45, 2.75) is 26.2 Å². The van der Waals surface area contributed by atoms with Crippen molar-refractivity contribution in [3.05, 3.63) is 41.6 Å². The number of nitrogens with one attached hydrogen (secondary N) is 1. The number of anilines is 1. The average Bonchev–Trinajstić information content (AvgIpc) is 2.48. The number of para-hydroxylation sites is 1. The van der Waals surface area contributed by atoms with Crippen molar-refractivity contribution in [3.8, 4) is 11.6 Å². The van der Waals surface area contributed by atoms with Crippen LogP contribution in [-0.4, -0.2) is 28.3 Å². The summed E-state index contributed by atoms with van der Waals surface area (Å²) in [5, 5.41) is 20.5. The smallest absolute Gasteiger partial charge is 0.276 e. The van der Waals surface area contributed by atoms with E-state index in [-0.39, 0.29) is 16.9 Å². The van der Waals surface area contributed by atoms with Gasteiger partial charge in [-0.2, -0.15) is 0 Å². The Morgan fingerprint density at radius 3 is 2.45 bits per heavy atom. The molecule has 0 saturated carbocycles. The highest BCUT2D eigenvalue weighted by Gasteiger charge is 2.21. The van der Waals surface area contributed by atoms with Crippen molar-refractivity contribution in [2.75, 3.05) is 12.4 Å². The number of hydrogen-bond acceptors (Lipinski definition) is 5. The Morgan fingerprint density at radius 1 is 1.18 bits per heavy atom. The maximum atomic E-state index is 12.2. The summed E-state index contributed by atoms with van der Waals surface area (Å²) in [6, 6.07) is 8.31. The van der Waals surface area contributed by atoms with Crippen LogP contribution in [0.3, 0.4) is 0 Å². The molecular weight excluding hydrogens is 282 g/mol. The van der Waals surface area contributed by atoms with E-state index in [9.17, 15) is 9.90 Å². The van der Waals surface area contributed by atoms with Crippen LogP contribution in [-0.2, 0) is 5.41 Å². The summed E-state index contributed by atoms with van der Waals surface area (Å²) < 4.78 is 4.89. The van der Waals surface area contributed by atoms with Crippen molar-refractivity contribution >= 4 is 11.6 Å². The summed E-state index contributed by atoms with van der Waals surface area (Å²) in [4.78, 5) is 12.2. The van der Waals surface area contributed by atoms with Crippen molar-refractivity contribution in [2.24, 2.45) is 0 Å². The van der Waals surface area contributed by atoms with Crippen LogP contribution in [0.2, 0.25) is 0 Å². The molecule has 1 heterocycles. The standard InChI is InChI=1S/C16H19N3O3/c1-16(2,3)10-6-5-7-11(14(10)20)17-15(21)12-8-9-13(22-4)19-18-12/h5-9,20H,1-4H3,(H,17,21). The number of aromatic hydroxyl groups is 1. The van der Waals surface area contributed by atoms with E-state index in [1.165, 1.54) is 13.2 Å². The van der Waals surface area contributed by atoms with Gasteiger partial charge >= 0.3 is 0 Å². The lowest BCUT2D eigenvalue weighted by atomic mass is 9.86. The zero-order valence-electron chi connectivity index (χ0n) is 13.0. The Kier molecular flexibility index (Phi) is 4.30. The molecule has 0 fully saturated rings. The first-order valence-electron chi connectivity index (χ1n) is 6.84. The summed E-state index contributed by atoms with van der Waals surface area (Å²) in [6.07, 6.45) is 0. The predicted molar refractivity (Wildman–Crippen MR) is 83.3 cm³/mol. The van der Waals surface area contributed by atoms with Gasteiger partial charge in [0.25, 0.3) is 5.91 Å². The molecule has 1 aromatic carbocycles. The Bertz CT molecular complexity index is 676. The minimum Gasteiger partial charge on any atom is -0.505 e. The van der Waals surface area contributed by atoms with E-state index in [2.05, 4.69) is 15.5 Å². The topological polar surface area (TPSA) is 84.3 Å². The molecule has 116 valence electrons. The molecule has 0 unspecified atom stereocenters. The quantitative estimate of drug-likeness (QED) is 0.852. The number of ether oxygens (including phenoxy) is 1. The maximum Gasteiger partial charge on any atom is 0.276 e. The van der Waals surface area contributed by atoms with Gasteiger partial charge in [-0.3, -0.25) is 4.79 Å². The van der Waals surface area contributed by atoms with Crippen LogP contribution in [0.4, 0.5) is 5.69 Å². The Hall–Kier alpha value is -2.63. The third-order valence-corrected chi connectivity index (χ3v) is 3.17. The van der Waals surface area contributed by atoms with Gasteiger partial charge in [-0.1, -0.05) is 32.9 Å². The van der Waals surface area contributed by atoms with Crippen molar-refractivity contribution < 1.29 is 14.6 Å². The lowest BCUT2D eigenvalue weighted by Gasteiger charge is -2.21. The summed E-state index contributed by atoms with van der Waals surface area (Å²) in [5.74, 6) is -0.0598. The Morgan fingerprint density at radius 2 is 1.91 bits per heavy atom. The first kappa shape index (κ1) is 15.8. The van der Waals surface area contributed by atoms with E-state index >= 15 is 0 Å². The first-order chi connectivity index (χ1) is 10.3. The van der Waals surface area contributed by atoms with E-state index in [1.54, 1.807) is 18.2 Å². The third-order valence-electron chi connectivity index (χ3n) is 3.17. The summed E-state index contributed by atoms with van der Waals surface area (Å²) >= 11 is 0. The number of carbonyl (C=O) groups excluding carboxylic acids is 1. The number of phenols is 1. The third kappa shape index (κ3) is 3.33. The molecule has 0 atom stereocenters. The SMILES string of the molecule is COc1ccc(C(=O)Nc2cccc(C(C)(C)C)c2O)nn1. The lowest BCUT2D eigenvalue weighted by Crippen LogP contribution is -2.16. The Balaban J connectivity index is 2.25. The van der Waals surface area contributed by atoms with Crippen molar-refractivity contribution in [3.63, 3.8) is 0 Å². The lowest BCUT2D eigenvalue weighted by molar-refractivity contribution is 0.102. The number of carbonyl (C=O) groups is 1. The van der Waals surface area contributed by atoms with Gasteiger partial charge in [0.1, 0.15) is 5.75 Å². The molecule has 0 saturated heterocycles.